The quantitative estimate of drug-likeness (QED) is 0.580. The molecule has 0 aromatic heterocycles. The molecule has 0 aliphatic carbocycles. The summed E-state index contributed by atoms with van der Waals surface area (Å²) >= 11 is 0. The van der Waals surface area contributed by atoms with E-state index in [1.54, 1.807) is 0 Å². The predicted octanol–water partition coefficient (Wildman–Crippen LogP) is 0.879. The molecule has 1 aliphatic heterocycles. The van der Waals surface area contributed by atoms with Crippen LogP contribution in [-0.4, -0.2) is 37.6 Å². The van der Waals surface area contributed by atoms with Crippen LogP contribution in [0.4, 0.5) is 0 Å². The molecule has 1 aliphatic rings. The van der Waals surface area contributed by atoms with Crippen LogP contribution >= 0.6 is 0 Å². The molecule has 1 saturated heterocycles. The van der Waals surface area contributed by atoms with Crippen molar-refractivity contribution in [2.45, 2.75) is 52.1 Å². The van der Waals surface area contributed by atoms with Crippen molar-refractivity contribution in [1.29, 1.82) is 0 Å². The molecule has 4 nitrogen and oxygen atoms in total. The smallest absolute Gasteiger partial charge is 0.222 e. The minimum atomic E-state index is 0.0788. The van der Waals surface area contributed by atoms with Crippen LogP contribution in [0.5, 0.6) is 0 Å². The second kappa shape index (κ2) is 7.67. The van der Waals surface area contributed by atoms with E-state index < -0.39 is 0 Å². The van der Waals surface area contributed by atoms with E-state index in [0.29, 0.717) is 12.1 Å². The van der Waals surface area contributed by atoms with E-state index in [1.807, 2.05) is 13.8 Å². The lowest BCUT2D eigenvalue weighted by atomic mass is 10.1. The molecule has 1 heterocycles. The molecule has 4 heteroatoms. The number of rotatable bonds is 7. The number of carbonyl (C=O) groups excluding carboxylic acids is 1. The zero-order valence-corrected chi connectivity index (χ0v) is 11.4. The zero-order chi connectivity index (χ0) is 12.7. The minimum Gasteiger partial charge on any atom is -0.355 e. The topological polar surface area (TPSA) is 53.2 Å². The summed E-state index contributed by atoms with van der Waals surface area (Å²) < 4.78 is 0. The summed E-state index contributed by atoms with van der Waals surface area (Å²) in [6, 6.07) is 1.20. The first kappa shape index (κ1) is 14.5. The molecule has 3 N–H and O–H groups in total. The molecule has 1 fully saturated rings. The lowest BCUT2D eigenvalue weighted by Crippen LogP contribution is -2.39. The number of nitrogens with one attached hydrogen (secondary N) is 3. The van der Waals surface area contributed by atoms with Crippen molar-refractivity contribution in [2.75, 3.05) is 19.6 Å². The van der Waals surface area contributed by atoms with E-state index >= 15 is 0 Å². The largest absolute Gasteiger partial charge is 0.355 e. The van der Waals surface area contributed by atoms with Crippen molar-refractivity contribution in [3.05, 3.63) is 0 Å². The Hall–Kier alpha value is -0.610. The first-order chi connectivity index (χ1) is 8.09. The summed E-state index contributed by atoms with van der Waals surface area (Å²) in [7, 11) is 0. The predicted molar refractivity (Wildman–Crippen MR) is 71.0 cm³/mol. The Morgan fingerprint density at radius 2 is 2.12 bits per heavy atom. The molecule has 17 heavy (non-hydrogen) atoms. The van der Waals surface area contributed by atoms with Crippen LogP contribution in [0, 0.1) is 5.92 Å². The Morgan fingerprint density at radius 1 is 1.35 bits per heavy atom. The highest BCUT2D eigenvalue weighted by molar-refractivity contribution is 5.77. The van der Waals surface area contributed by atoms with Gasteiger partial charge in [0, 0.05) is 31.1 Å². The molecule has 0 saturated carbocycles. The molecule has 0 spiro atoms. The van der Waals surface area contributed by atoms with E-state index in [9.17, 15) is 4.79 Å². The standard InChI is InChI=1S/C13H27N3O/c1-10(2)13(17)16-8-7-14-11(3)9-12-5-4-6-15-12/h10-12,14-15H,4-9H2,1-3H3,(H,16,17). The van der Waals surface area contributed by atoms with Crippen molar-refractivity contribution >= 4 is 5.91 Å². The Balaban J connectivity index is 1.99. The van der Waals surface area contributed by atoms with Crippen molar-refractivity contribution < 1.29 is 4.79 Å². The second-order valence-electron chi connectivity index (χ2n) is 5.33. The molecule has 2 atom stereocenters. The Morgan fingerprint density at radius 3 is 2.71 bits per heavy atom. The highest BCUT2D eigenvalue weighted by Gasteiger charge is 2.16. The van der Waals surface area contributed by atoms with Crippen LogP contribution in [0.25, 0.3) is 0 Å². The third-order valence-electron chi connectivity index (χ3n) is 3.24. The molecule has 100 valence electrons. The average Bonchev–Trinajstić information content (AvgIpc) is 2.76. The fourth-order valence-electron chi connectivity index (χ4n) is 2.18. The Bertz CT molecular complexity index is 225. The lowest BCUT2D eigenvalue weighted by molar-refractivity contribution is -0.123. The van der Waals surface area contributed by atoms with Gasteiger partial charge in [-0.25, -0.2) is 0 Å². The van der Waals surface area contributed by atoms with Gasteiger partial charge in [0.2, 0.25) is 5.91 Å². The number of carbonyl (C=O) groups is 1. The summed E-state index contributed by atoms with van der Waals surface area (Å²) in [4.78, 5) is 11.3. The average molecular weight is 241 g/mol. The molecule has 1 rings (SSSR count). The van der Waals surface area contributed by atoms with Gasteiger partial charge in [0.25, 0.3) is 0 Å². The van der Waals surface area contributed by atoms with Gasteiger partial charge in [0.1, 0.15) is 0 Å². The van der Waals surface area contributed by atoms with E-state index in [0.717, 1.165) is 13.1 Å². The van der Waals surface area contributed by atoms with Crippen LogP contribution in [0.15, 0.2) is 0 Å². The summed E-state index contributed by atoms with van der Waals surface area (Å²) in [6.07, 6.45) is 3.79. The molecule has 0 aromatic rings. The molecule has 0 radical (unpaired) electrons. The molecule has 0 bridgehead atoms. The molecule has 1 amide bonds. The molecule has 2 unspecified atom stereocenters. The van der Waals surface area contributed by atoms with Crippen molar-refractivity contribution in [2.24, 2.45) is 5.92 Å². The van der Waals surface area contributed by atoms with Crippen molar-refractivity contribution in [1.82, 2.24) is 16.0 Å². The molecular weight excluding hydrogens is 214 g/mol. The fourth-order valence-corrected chi connectivity index (χ4v) is 2.18. The number of hydrogen-bond donors (Lipinski definition) is 3. The minimum absolute atomic E-state index is 0.0788. The zero-order valence-electron chi connectivity index (χ0n) is 11.4. The molecular formula is C13H27N3O. The van der Waals surface area contributed by atoms with E-state index in [4.69, 9.17) is 0 Å². The number of hydrogen-bond acceptors (Lipinski definition) is 3. The van der Waals surface area contributed by atoms with Crippen LogP contribution < -0.4 is 16.0 Å². The van der Waals surface area contributed by atoms with E-state index in [-0.39, 0.29) is 11.8 Å². The maximum atomic E-state index is 11.3. The second-order valence-corrected chi connectivity index (χ2v) is 5.33. The fraction of sp³-hybridized carbons (Fsp3) is 0.923. The number of amides is 1. The van der Waals surface area contributed by atoms with Crippen LogP contribution in [0.3, 0.4) is 0 Å². The van der Waals surface area contributed by atoms with E-state index in [1.165, 1.54) is 25.8 Å². The Kier molecular flexibility index (Phi) is 6.52. The van der Waals surface area contributed by atoms with Gasteiger partial charge in [0.15, 0.2) is 0 Å². The first-order valence-electron chi connectivity index (χ1n) is 6.84. The van der Waals surface area contributed by atoms with Gasteiger partial charge in [-0.05, 0) is 32.7 Å². The van der Waals surface area contributed by atoms with Gasteiger partial charge in [-0.15, -0.1) is 0 Å². The van der Waals surface area contributed by atoms with Crippen LogP contribution in [-0.2, 0) is 4.79 Å². The SMILES string of the molecule is CC(CC1CCCN1)NCCNC(=O)C(C)C. The monoisotopic (exact) mass is 241 g/mol. The summed E-state index contributed by atoms with van der Waals surface area (Å²) in [6.45, 7) is 8.78. The van der Waals surface area contributed by atoms with Gasteiger partial charge in [-0.2, -0.15) is 0 Å². The van der Waals surface area contributed by atoms with Crippen molar-refractivity contribution in [3.8, 4) is 0 Å². The van der Waals surface area contributed by atoms with Crippen molar-refractivity contribution in [3.63, 3.8) is 0 Å². The Labute approximate surface area is 105 Å². The van der Waals surface area contributed by atoms with Gasteiger partial charge >= 0.3 is 0 Å². The third kappa shape index (κ3) is 6.03. The summed E-state index contributed by atoms with van der Waals surface area (Å²) in [5.74, 6) is 0.215. The molecule has 0 aromatic carbocycles. The third-order valence-corrected chi connectivity index (χ3v) is 3.24. The summed E-state index contributed by atoms with van der Waals surface area (Å²) in [5, 5.41) is 9.86. The summed E-state index contributed by atoms with van der Waals surface area (Å²) in [5.41, 5.74) is 0. The van der Waals surface area contributed by atoms with Gasteiger partial charge < -0.3 is 16.0 Å². The van der Waals surface area contributed by atoms with Crippen LogP contribution in [0.1, 0.15) is 40.0 Å². The first-order valence-corrected chi connectivity index (χ1v) is 6.84. The normalized spacial score (nSPS) is 21.8. The van der Waals surface area contributed by atoms with Crippen LogP contribution in [0.2, 0.25) is 0 Å². The highest BCUT2D eigenvalue weighted by atomic mass is 16.1. The maximum Gasteiger partial charge on any atom is 0.222 e. The lowest BCUT2D eigenvalue weighted by Gasteiger charge is -2.18. The highest BCUT2D eigenvalue weighted by Crippen LogP contribution is 2.10. The van der Waals surface area contributed by atoms with Gasteiger partial charge in [-0.1, -0.05) is 13.8 Å². The van der Waals surface area contributed by atoms with Gasteiger partial charge in [-0.3, -0.25) is 4.79 Å². The maximum absolute atomic E-state index is 11.3. The van der Waals surface area contributed by atoms with Gasteiger partial charge in [0.05, 0.1) is 0 Å². The van der Waals surface area contributed by atoms with E-state index in [2.05, 4.69) is 22.9 Å².